The molecule has 1 aromatic rings. The van der Waals surface area contributed by atoms with Crippen LogP contribution in [-0.2, 0) is 0 Å². The van der Waals surface area contributed by atoms with Crippen LogP contribution >= 0.6 is 0 Å². The Hall–Kier alpha value is -1.16. The van der Waals surface area contributed by atoms with Gasteiger partial charge in [0.1, 0.15) is 0 Å². The predicted molar refractivity (Wildman–Crippen MR) is 74.8 cm³/mol. The number of anilines is 1. The molecule has 4 heteroatoms. The Morgan fingerprint density at radius 1 is 1.33 bits per heavy atom. The van der Waals surface area contributed by atoms with Crippen LogP contribution in [0.5, 0.6) is 0 Å². The summed E-state index contributed by atoms with van der Waals surface area (Å²) < 4.78 is 0. The van der Waals surface area contributed by atoms with Crippen LogP contribution in [0.1, 0.15) is 51.1 Å². The van der Waals surface area contributed by atoms with Crippen LogP contribution in [0, 0.1) is 0 Å². The fraction of sp³-hybridized carbons (Fsp3) is 0.714. The lowest BCUT2D eigenvalue weighted by Gasteiger charge is -2.26. The van der Waals surface area contributed by atoms with Gasteiger partial charge in [-0.3, -0.25) is 0 Å². The molecule has 0 bridgehead atoms. The molecular formula is C14H24N4. The summed E-state index contributed by atoms with van der Waals surface area (Å²) >= 11 is 0. The first-order valence-electron chi connectivity index (χ1n) is 6.79. The van der Waals surface area contributed by atoms with Gasteiger partial charge in [-0.2, -0.15) is 5.10 Å². The largest absolute Gasteiger partial charge is 0.358 e. The molecule has 0 atom stereocenters. The number of rotatable bonds is 5. The predicted octanol–water partition coefficient (Wildman–Crippen LogP) is 2.31. The van der Waals surface area contributed by atoms with Crippen molar-refractivity contribution in [2.45, 2.75) is 51.0 Å². The maximum atomic E-state index is 5.99. The third-order valence-corrected chi connectivity index (χ3v) is 3.68. The van der Waals surface area contributed by atoms with E-state index in [2.05, 4.69) is 27.2 Å². The Morgan fingerprint density at radius 2 is 2.06 bits per heavy atom. The molecule has 1 heterocycles. The Labute approximate surface area is 110 Å². The lowest BCUT2D eigenvalue weighted by molar-refractivity contribution is 0.408. The van der Waals surface area contributed by atoms with Crippen LogP contribution in [0.2, 0.25) is 0 Å². The Balaban J connectivity index is 1.91. The van der Waals surface area contributed by atoms with Crippen molar-refractivity contribution in [1.29, 1.82) is 0 Å². The molecular weight excluding hydrogens is 224 g/mol. The highest BCUT2D eigenvalue weighted by molar-refractivity contribution is 5.36. The molecule has 1 aliphatic rings. The van der Waals surface area contributed by atoms with Crippen molar-refractivity contribution in [1.82, 2.24) is 10.2 Å². The summed E-state index contributed by atoms with van der Waals surface area (Å²) in [7, 11) is 2.04. The topological polar surface area (TPSA) is 55.0 Å². The highest BCUT2D eigenvalue weighted by Crippen LogP contribution is 2.35. The first-order valence-corrected chi connectivity index (χ1v) is 6.79. The summed E-state index contributed by atoms with van der Waals surface area (Å²) in [6, 6.07) is 4.19. The van der Waals surface area contributed by atoms with Crippen LogP contribution in [-0.4, -0.2) is 29.3 Å². The minimum Gasteiger partial charge on any atom is -0.358 e. The molecule has 0 saturated heterocycles. The van der Waals surface area contributed by atoms with Crippen LogP contribution in [0.3, 0.4) is 0 Å². The van der Waals surface area contributed by atoms with Crippen molar-refractivity contribution >= 4 is 5.82 Å². The average Bonchev–Trinajstić information content (AvgIpc) is 2.23. The van der Waals surface area contributed by atoms with Gasteiger partial charge in [0.15, 0.2) is 5.82 Å². The molecule has 100 valence electrons. The van der Waals surface area contributed by atoms with E-state index < -0.39 is 0 Å². The molecule has 0 radical (unpaired) electrons. The zero-order chi connectivity index (χ0) is 13.2. The second-order valence-electron chi connectivity index (χ2n) is 6.10. The summed E-state index contributed by atoms with van der Waals surface area (Å²) in [5.74, 6) is 1.59. The second kappa shape index (κ2) is 5.22. The van der Waals surface area contributed by atoms with E-state index in [-0.39, 0.29) is 5.54 Å². The molecule has 1 fully saturated rings. The van der Waals surface area contributed by atoms with Gasteiger partial charge in [0.25, 0.3) is 0 Å². The smallest absolute Gasteiger partial charge is 0.150 e. The minimum absolute atomic E-state index is 0.131. The number of nitrogens with two attached hydrogens (primary N) is 1. The van der Waals surface area contributed by atoms with Crippen LogP contribution in [0.25, 0.3) is 0 Å². The zero-order valence-corrected chi connectivity index (χ0v) is 11.7. The first kappa shape index (κ1) is 13.3. The molecule has 0 unspecified atom stereocenters. The molecule has 4 nitrogen and oxygen atoms in total. The highest BCUT2D eigenvalue weighted by Gasteiger charge is 2.21. The molecule has 1 aromatic heterocycles. The standard InChI is InChI=1S/C14H24N4/c1-14(2,15)9-10-18(3)13-8-7-12(16-17-13)11-5-4-6-11/h7-8,11H,4-6,9-10,15H2,1-3H3. The van der Waals surface area contributed by atoms with Crippen molar-refractivity contribution in [2.75, 3.05) is 18.5 Å². The molecule has 0 spiro atoms. The summed E-state index contributed by atoms with van der Waals surface area (Å²) in [6.45, 7) is 5.00. The second-order valence-corrected chi connectivity index (χ2v) is 6.10. The maximum Gasteiger partial charge on any atom is 0.150 e. The van der Waals surface area contributed by atoms with E-state index >= 15 is 0 Å². The molecule has 0 amide bonds. The van der Waals surface area contributed by atoms with Gasteiger partial charge in [-0.25, -0.2) is 0 Å². The van der Waals surface area contributed by atoms with Gasteiger partial charge >= 0.3 is 0 Å². The van der Waals surface area contributed by atoms with E-state index in [1.54, 1.807) is 0 Å². The van der Waals surface area contributed by atoms with Crippen molar-refractivity contribution in [3.8, 4) is 0 Å². The van der Waals surface area contributed by atoms with Gasteiger partial charge in [-0.1, -0.05) is 6.42 Å². The Morgan fingerprint density at radius 3 is 2.50 bits per heavy atom. The third-order valence-electron chi connectivity index (χ3n) is 3.68. The maximum absolute atomic E-state index is 5.99. The van der Waals surface area contributed by atoms with E-state index in [1.165, 1.54) is 19.3 Å². The van der Waals surface area contributed by atoms with E-state index in [4.69, 9.17) is 5.73 Å². The van der Waals surface area contributed by atoms with Gasteiger partial charge in [0.2, 0.25) is 0 Å². The summed E-state index contributed by atoms with van der Waals surface area (Å²) in [5.41, 5.74) is 7.01. The van der Waals surface area contributed by atoms with E-state index in [9.17, 15) is 0 Å². The average molecular weight is 248 g/mol. The monoisotopic (exact) mass is 248 g/mol. The molecule has 1 saturated carbocycles. The van der Waals surface area contributed by atoms with Crippen molar-refractivity contribution < 1.29 is 0 Å². The molecule has 1 aliphatic carbocycles. The van der Waals surface area contributed by atoms with E-state index in [1.807, 2.05) is 20.9 Å². The lowest BCUT2D eigenvalue weighted by atomic mass is 9.83. The molecule has 18 heavy (non-hydrogen) atoms. The lowest BCUT2D eigenvalue weighted by Crippen LogP contribution is -2.36. The summed E-state index contributed by atoms with van der Waals surface area (Å²) in [4.78, 5) is 2.12. The fourth-order valence-electron chi connectivity index (χ4n) is 2.03. The van der Waals surface area contributed by atoms with E-state index in [0.29, 0.717) is 5.92 Å². The van der Waals surface area contributed by atoms with Gasteiger partial charge in [-0.15, -0.1) is 5.10 Å². The number of hydrogen-bond donors (Lipinski definition) is 1. The fourth-order valence-corrected chi connectivity index (χ4v) is 2.03. The van der Waals surface area contributed by atoms with Gasteiger partial charge in [0.05, 0.1) is 5.69 Å². The highest BCUT2D eigenvalue weighted by atomic mass is 15.2. The van der Waals surface area contributed by atoms with Gasteiger partial charge < -0.3 is 10.6 Å². The van der Waals surface area contributed by atoms with Crippen molar-refractivity contribution in [2.24, 2.45) is 5.73 Å². The minimum atomic E-state index is -0.131. The summed E-state index contributed by atoms with van der Waals surface area (Å²) in [5, 5.41) is 8.66. The number of aromatic nitrogens is 2. The van der Waals surface area contributed by atoms with Crippen molar-refractivity contribution in [3.63, 3.8) is 0 Å². The van der Waals surface area contributed by atoms with Crippen molar-refractivity contribution in [3.05, 3.63) is 17.8 Å². The third kappa shape index (κ3) is 3.42. The molecule has 0 aromatic carbocycles. The number of nitrogens with zero attached hydrogens (tertiary/aromatic N) is 3. The van der Waals surface area contributed by atoms with Crippen LogP contribution in [0.15, 0.2) is 12.1 Å². The molecule has 0 aliphatic heterocycles. The Bertz CT molecular complexity index is 376. The summed E-state index contributed by atoms with van der Waals surface area (Å²) in [6.07, 6.45) is 4.81. The van der Waals surface area contributed by atoms with Crippen LogP contribution in [0.4, 0.5) is 5.82 Å². The van der Waals surface area contributed by atoms with Gasteiger partial charge in [-0.05, 0) is 45.2 Å². The first-order chi connectivity index (χ1) is 8.46. The van der Waals surface area contributed by atoms with Gasteiger partial charge in [0, 0.05) is 25.0 Å². The molecule has 2 rings (SSSR count). The van der Waals surface area contributed by atoms with Crippen LogP contribution < -0.4 is 10.6 Å². The number of hydrogen-bond acceptors (Lipinski definition) is 4. The zero-order valence-electron chi connectivity index (χ0n) is 11.7. The van der Waals surface area contributed by atoms with E-state index in [0.717, 1.165) is 24.5 Å². The normalized spacial score (nSPS) is 16.4. The molecule has 2 N–H and O–H groups in total. The quantitative estimate of drug-likeness (QED) is 0.868. The SMILES string of the molecule is CN(CCC(C)(C)N)c1ccc(C2CCC2)nn1. The Kier molecular flexibility index (Phi) is 3.85.